The first-order valence-corrected chi connectivity index (χ1v) is 6.51. The molecule has 0 unspecified atom stereocenters. The van der Waals surface area contributed by atoms with Crippen LogP contribution in [0.3, 0.4) is 0 Å². The second kappa shape index (κ2) is 4.17. The van der Waals surface area contributed by atoms with Gasteiger partial charge in [0, 0.05) is 19.0 Å². The van der Waals surface area contributed by atoms with Gasteiger partial charge in [0.2, 0.25) is 0 Å². The molecule has 2 aliphatic rings. The molecule has 0 saturated heterocycles. The number of aryl methyl sites for hydroxylation is 1. The van der Waals surface area contributed by atoms with Crippen molar-refractivity contribution >= 4 is 0 Å². The number of hydrogen-bond donors (Lipinski definition) is 1. The summed E-state index contributed by atoms with van der Waals surface area (Å²) in [6.45, 7) is 1.58. The third kappa shape index (κ3) is 1.86. The molecule has 2 N–H and O–H groups in total. The lowest BCUT2D eigenvalue weighted by Gasteiger charge is -2.25. The van der Waals surface area contributed by atoms with Gasteiger partial charge in [0.05, 0.1) is 11.4 Å². The van der Waals surface area contributed by atoms with Crippen molar-refractivity contribution < 1.29 is 0 Å². The highest BCUT2D eigenvalue weighted by Gasteiger charge is 2.31. The third-order valence-corrected chi connectivity index (χ3v) is 3.98. The second-order valence-electron chi connectivity index (χ2n) is 5.21. The summed E-state index contributed by atoms with van der Waals surface area (Å²) in [6.07, 6.45) is 8.11. The van der Waals surface area contributed by atoms with Crippen molar-refractivity contribution in [3.8, 4) is 0 Å². The Labute approximate surface area is 96.2 Å². The van der Waals surface area contributed by atoms with E-state index >= 15 is 0 Å². The third-order valence-electron chi connectivity index (χ3n) is 3.98. The van der Waals surface area contributed by atoms with E-state index in [1.165, 1.54) is 44.2 Å². The van der Waals surface area contributed by atoms with E-state index in [0.29, 0.717) is 12.5 Å². The molecule has 88 valence electrons. The fourth-order valence-corrected chi connectivity index (χ4v) is 2.56. The number of hydrogen-bond acceptors (Lipinski definition) is 3. The largest absolute Gasteiger partial charge is 0.325 e. The van der Waals surface area contributed by atoms with Crippen molar-refractivity contribution in [3.63, 3.8) is 0 Å². The first-order chi connectivity index (χ1) is 7.88. The lowest BCUT2D eigenvalue weighted by atomic mass is 9.83. The van der Waals surface area contributed by atoms with Crippen LogP contribution in [0.25, 0.3) is 0 Å². The summed E-state index contributed by atoms with van der Waals surface area (Å²) in [7, 11) is 0. The number of nitrogens with zero attached hydrogens (tertiary/aromatic N) is 3. The normalized spacial score (nSPS) is 21.1. The van der Waals surface area contributed by atoms with Gasteiger partial charge in [-0.2, -0.15) is 0 Å². The van der Waals surface area contributed by atoms with E-state index in [1.54, 1.807) is 0 Å². The smallest absolute Gasteiger partial charge is 0.0997 e. The molecule has 4 heteroatoms. The van der Waals surface area contributed by atoms with Gasteiger partial charge in [-0.3, -0.25) is 0 Å². The Hall–Kier alpha value is -0.900. The molecule has 0 atom stereocenters. The van der Waals surface area contributed by atoms with Crippen molar-refractivity contribution in [2.45, 2.75) is 57.5 Å². The Kier molecular flexibility index (Phi) is 2.67. The molecule has 0 bridgehead atoms. The molecule has 1 aromatic heterocycles. The Balaban J connectivity index is 1.69. The lowest BCUT2D eigenvalue weighted by molar-refractivity contribution is 0.275. The maximum Gasteiger partial charge on any atom is 0.0997 e. The number of aromatic nitrogens is 3. The lowest BCUT2D eigenvalue weighted by Crippen LogP contribution is -2.15. The van der Waals surface area contributed by atoms with E-state index in [-0.39, 0.29) is 0 Å². The highest BCUT2D eigenvalue weighted by molar-refractivity contribution is 5.20. The summed E-state index contributed by atoms with van der Waals surface area (Å²) in [5, 5.41) is 8.47. The Morgan fingerprint density at radius 2 is 2.06 bits per heavy atom. The molecule has 2 saturated carbocycles. The topological polar surface area (TPSA) is 56.7 Å². The van der Waals surface area contributed by atoms with Crippen LogP contribution in [0.2, 0.25) is 0 Å². The molecule has 16 heavy (non-hydrogen) atoms. The van der Waals surface area contributed by atoms with Gasteiger partial charge in [-0.15, -0.1) is 5.10 Å². The van der Waals surface area contributed by atoms with Crippen LogP contribution in [0, 0.1) is 5.92 Å². The molecule has 0 aliphatic heterocycles. The summed E-state index contributed by atoms with van der Waals surface area (Å²) in [4.78, 5) is 0. The van der Waals surface area contributed by atoms with Crippen LogP contribution in [0.1, 0.15) is 55.8 Å². The first-order valence-electron chi connectivity index (χ1n) is 6.51. The summed E-state index contributed by atoms with van der Waals surface area (Å²) in [5.74, 6) is 1.65. The fraction of sp³-hybridized carbons (Fsp3) is 0.833. The van der Waals surface area contributed by atoms with Gasteiger partial charge in [0.15, 0.2) is 0 Å². The summed E-state index contributed by atoms with van der Waals surface area (Å²) >= 11 is 0. The van der Waals surface area contributed by atoms with Crippen LogP contribution < -0.4 is 5.73 Å². The molecule has 2 aliphatic carbocycles. The van der Waals surface area contributed by atoms with Crippen molar-refractivity contribution in [2.24, 2.45) is 11.7 Å². The van der Waals surface area contributed by atoms with E-state index in [9.17, 15) is 0 Å². The van der Waals surface area contributed by atoms with Crippen molar-refractivity contribution in [1.82, 2.24) is 15.0 Å². The molecular formula is C12H20N4. The second-order valence-corrected chi connectivity index (χ2v) is 5.21. The van der Waals surface area contributed by atoms with Crippen molar-refractivity contribution in [3.05, 3.63) is 11.4 Å². The average molecular weight is 220 g/mol. The maximum atomic E-state index is 5.71. The SMILES string of the molecule is NCc1nnn(CCC2CCC2)c1C1CC1. The molecule has 0 radical (unpaired) electrons. The van der Waals surface area contributed by atoms with Crippen LogP contribution in [-0.4, -0.2) is 15.0 Å². The molecule has 0 aromatic carbocycles. The standard InChI is InChI=1S/C12H20N4/c13-8-11-12(10-4-5-10)16(15-14-11)7-6-9-2-1-3-9/h9-10H,1-8,13H2. The van der Waals surface area contributed by atoms with Gasteiger partial charge in [-0.25, -0.2) is 4.68 Å². The molecule has 0 spiro atoms. The highest BCUT2D eigenvalue weighted by atomic mass is 15.4. The van der Waals surface area contributed by atoms with E-state index in [0.717, 1.165) is 18.2 Å². The minimum atomic E-state index is 0.537. The van der Waals surface area contributed by atoms with Crippen LogP contribution >= 0.6 is 0 Å². The summed E-state index contributed by atoms with van der Waals surface area (Å²) in [5.41, 5.74) is 8.07. The average Bonchev–Trinajstić information content (AvgIpc) is 2.98. The van der Waals surface area contributed by atoms with Crippen molar-refractivity contribution in [1.29, 1.82) is 0 Å². The Morgan fingerprint density at radius 3 is 2.62 bits per heavy atom. The first kappa shape index (κ1) is 10.3. The molecular weight excluding hydrogens is 200 g/mol. The molecule has 0 amide bonds. The summed E-state index contributed by atoms with van der Waals surface area (Å²) < 4.78 is 2.12. The fourth-order valence-electron chi connectivity index (χ4n) is 2.56. The van der Waals surface area contributed by atoms with Crippen LogP contribution in [0.4, 0.5) is 0 Å². The van der Waals surface area contributed by atoms with Gasteiger partial charge in [-0.1, -0.05) is 24.5 Å². The zero-order valence-electron chi connectivity index (χ0n) is 9.73. The maximum absolute atomic E-state index is 5.71. The van der Waals surface area contributed by atoms with E-state index in [2.05, 4.69) is 15.0 Å². The minimum Gasteiger partial charge on any atom is -0.325 e. The predicted octanol–water partition coefficient (Wildman–Crippen LogP) is 1.80. The Morgan fingerprint density at radius 1 is 1.25 bits per heavy atom. The zero-order valence-corrected chi connectivity index (χ0v) is 9.73. The zero-order chi connectivity index (χ0) is 11.0. The van der Waals surface area contributed by atoms with Gasteiger partial charge in [0.1, 0.15) is 0 Å². The molecule has 3 rings (SSSR count). The number of nitrogens with two attached hydrogens (primary N) is 1. The monoisotopic (exact) mass is 220 g/mol. The van der Waals surface area contributed by atoms with Gasteiger partial charge in [-0.05, 0) is 25.2 Å². The predicted molar refractivity (Wildman–Crippen MR) is 61.8 cm³/mol. The molecule has 1 aromatic rings. The van der Waals surface area contributed by atoms with E-state index < -0.39 is 0 Å². The molecule has 1 heterocycles. The van der Waals surface area contributed by atoms with Crippen LogP contribution in [-0.2, 0) is 13.1 Å². The van der Waals surface area contributed by atoms with Gasteiger partial charge < -0.3 is 5.73 Å². The van der Waals surface area contributed by atoms with Crippen LogP contribution in [0.5, 0.6) is 0 Å². The minimum absolute atomic E-state index is 0.537. The van der Waals surface area contributed by atoms with Gasteiger partial charge in [0.25, 0.3) is 0 Å². The highest BCUT2D eigenvalue weighted by Crippen LogP contribution is 2.41. The van der Waals surface area contributed by atoms with Crippen molar-refractivity contribution in [2.75, 3.05) is 0 Å². The van der Waals surface area contributed by atoms with Crippen LogP contribution in [0.15, 0.2) is 0 Å². The summed E-state index contributed by atoms with van der Waals surface area (Å²) in [6, 6.07) is 0. The number of rotatable bonds is 5. The van der Waals surface area contributed by atoms with E-state index in [1.807, 2.05) is 0 Å². The molecule has 2 fully saturated rings. The van der Waals surface area contributed by atoms with Gasteiger partial charge >= 0.3 is 0 Å². The quantitative estimate of drug-likeness (QED) is 0.823. The molecule has 4 nitrogen and oxygen atoms in total. The Bertz CT molecular complexity index is 363. The van der Waals surface area contributed by atoms with E-state index in [4.69, 9.17) is 5.73 Å².